The monoisotopic (exact) mass is 325 g/mol. The molecule has 2 rings (SSSR count). The molecule has 124 valence electrons. The summed E-state index contributed by atoms with van der Waals surface area (Å²) in [6.45, 7) is 2.04. The molecule has 0 bridgehead atoms. The van der Waals surface area contributed by atoms with Gasteiger partial charge in [0.2, 0.25) is 5.91 Å². The number of anilines is 1. The zero-order valence-electron chi connectivity index (χ0n) is 13.7. The van der Waals surface area contributed by atoms with Crippen molar-refractivity contribution in [2.24, 2.45) is 0 Å². The predicted octanol–water partition coefficient (Wildman–Crippen LogP) is 3.10. The molecule has 0 fully saturated rings. The summed E-state index contributed by atoms with van der Waals surface area (Å²) >= 11 is 0. The average Bonchev–Trinajstić information content (AvgIpc) is 2.62. The molecule has 0 N–H and O–H groups in total. The lowest BCUT2D eigenvalue weighted by Crippen LogP contribution is -2.28. The third kappa shape index (κ3) is 4.29. The van der Waals surface area contributed by atoms with E-state index >= 15 is 0 Å². The first-order valence-electron chi connectivity index (χ1n) is 7.65. The second-order valence-electron chi connectivity index (χ2n) is 5.19. The number of ketones is 1. The first-order valence-corrected chi connectivity index (χ1v) is 7.65. The fraction of sp³-hybridized carbons (Fsp3) is 0.211. The minimum atomic E-state index is -0.405. The average molecular weight is 325 g/mol. The molecular weight excluding hydrogens is 306 g/mol. The van der Waals surface area contributed by atoms with Gasteiger partial charge in [0.1, 0.15) is 0 Å². The Morgan fingerprint density at radius 1 is 0.917 bits per heavy atom. The van der Waals surface area contributed by atoms with Crippen molar-refractivity contribution in [2.75, 3.05) is 18.6 Å². The number of carbonyl (C=O) groups is 3. The number of benzene rings is 2. The van der Waals surface area contributed by atoms with E-state index in [0.29, 0.717) is 23.4 Å². The van der Waals surface area contributed by atoms with E-state index in [1.807, 2.05) is 6.07 Å². The maximum Gasteiger partial charge on any atom is 0.338 e. The number of esters is 1. The topological polar surface area (TPSA) is 63.7 Å². The van der Waals surface area contributed by atoms with Gasteiger partial charge in [-0.1, -0.05) is 30.3 Å². The summed E-state index contributed by atoms with van der Waals surface area (Å²) in [6.07, 6.45) is -0.208. The standard InChI is InChI=1S/C19H19NO4/c1-3-24-19(23)15-9-11-16(12-10-15)20(2)18(22)13-17(21)14-7-5-4-6-8-14/h4-12H,3,13H2,1-2H3. The molecule has 0 unspecified atom stereocenters. The second kappa shape index (κ2) is 8.06. The van der Waals surface area contributed by atoms with Crippen molar-refractivity contribution < 1.29 is 19.1 Å². The van der Waals surface area contributed by atoms with Gasteiger partial charge in [0.25, 0.3) is 0 Å². The molecule has 2 aromatic carbocycles. The van der Waals surface area contributed by atoms with Gasteiger partial charge in [-0.25, -0.2) is 4.79 Å². The normalized spacial score (nSPS) is 10.1. The highest BCUT2D eigenvalue weighted by atomic mass is 16.5. The van der Waals surface area contributed by atoms with Crippen LogP contribution in [0.2, 0.25) is 0 Å². The molecule has 0 atom stereocenters. The van der Waals surface area contributed by atoms with Gasteiger partial charge >= 0.3 is 5.97 Å². The van der Waals surface area contributed by atoms with Crippen molar-refractivity contribution in [3.8, 4) is 0 Å². The summed E-state index contributed by atoms with van der Waals surface area (Å²) in [4.78, 5) is 37.4. The Morgan fingerprint density at radius 3 is 2.12 bits per heavy atom. The summed E-state index contributed by atoms with van der Waals surface area (Å²) < 4.78 is 4.91. The lowest BCUT2D eigenvalue weighted by molar-refractivity contribution is -0.117. The molecule has 0 aliphatic carbocycles. The predicted molar refractivity (Wildman–Crippen MR) is 91.2 cm³/mol. The number of hydrogen-bond acceptors (Lipinski definition) is 4. The van der Waals surface area contributed by atoms with Crippen LogP contribution in [0.25, 0.3) is 0 Å². The molecule has 0 saturated carbocycles. The number of amides is 1. The van der Waals surface area contributed by atoms with E-state index in [2.05, 4.69) is 0 Å². The number of ether oxygens (including phenoxy) is 1. The van der Waals surface area contributed by atoms with Crippen LogP contribution in [-0.4, -0.2) is 31.3 Å². The van der Waals surface area contributed by atoms with Gasteiger partial charge in [0.15, 0.2) is 5.78 Å². The molecule has 0 heterocycles. The van der Waals surface area contributed by atoms with Crippen LogP contribution >= 0.6 is 0 Å². The minimum Gasteiger partial charge on any atom is -0.462 e. The Morgan fingerprint density at radius 2 is 1.54 bits per heavy atom. The Kier molecular flexibility index (Phi) is 5.84. The van der Waals surface area contributed by atoms with E-state index in [1.54, 1.807) is 62.5 Å². The van der Waals surface area contributed by atoms with Crippen LogP contribution < -0.4 is 4.90 Å². The first kappa shape index (κ1) is 17.4. The minimum absolute atomic E-state index is 0.208. The molecule has 0 radical (unpaired) electrons. The Balaban J connectivity index is 2.02. The lowest BCUT2D eigenvalue weighted by atomic mass is 10.1. The summed E-state index contributed by atoms with van der Waals surface area (Å²) in [5.41, 5.74) is 1.53. The Hall–Kier alpha value is -2.95. The van der Waals surface area contributed by atoms with Crippen LogP contribution in [0.1, 0.15) is 34.1 Å². The number of carbonyl (C=O) groups excluding carboxylic acids is 3. The van der Waals surface area contributed by atoms with Crippen LogP contribution in [0.5, 0.6) is 0 Å². The molecule has 1 amide bonds. The summed E-state index contributed by atoms with van der Waals surface area (Å²) in [6, 6.07) is 15.2. The Bertz CT molecular complexity index is 723. The fourth-order valence-corrected chi connectivity index (χ4v) is 2.16. The van der Waals surface area contributed by atoms with Gasteiger partial charge in [-0.05, 0) is 31.2 Å². The summed E-state index contributed by atoms with van der Waals surface area (Å²) in [7, 11) is 1.60. The third-order valence-corrected chi connectivity index (χ3v) is 3.55. The molecule has 0 aromatic heterocycles. The highest BCUT2D eigenvalue weighted by Crippen LogP contribution is 2.16. The molecule has 24 heavy (non-hydrogen) atoms. The van der Waals surface area contributed by atoms with Crippen LogP contribution in [-0.2, 0) is 9.53 Å². The maximum atomic E-state index is 12.3. The molecule has 0 saturated heterocycles. The number of Topliss-reactive ketones (excluding diaryl/α,β-unsaturated/α-hetero) is 1. The second-order valence-corrected chi connectivity index (χ2v) is 5.19. The van der Waals surface area contributed by atoms with Crippen molar-refractivity contribution in [2.45, 2.75) is 13.3 Å². The highest BCUT2D eigenvalue weighted by Gasteiger charge is 2.17. The van der Waals surface area contributed by atoms with Gasteiger partial charge in [-0.2, -0.15) is 0 Å². The van der Waals surface area contributed by atoms with Crippen LogP contribution in [0.3, 0.4) is 0 Å². The van der Waals surface area contributed by atoms with Crippen molar-refractivity contribution in [1.82, 2.24) is 0 Å². The van der Waals surface area contributed by atoms with Crippen LogP contribution in [0.4, 0.5) is 5.69 Å². The largest absolute Gasteiger partial charge is 0.462 e. The van der Waals surface area contributed by atoms with E-state index in [4.69, 9.17) is 4.74 Å². The quantitative estimate of drug-likeness (QED) is 0.465. The molecule has 0 aliphatic heterocycles. The molecule has 0 aliphatic rings. The van der Waals surface area contributed by atoms with Crippen molar-refractivity contribution in [1.29, 1.82) is 0 Å². The van der Waals surface area contributed by atoms with Crippen molar-refractivity contribution in [3.63, 3.8) is 0 Å². The third-order valence-electron chi connectivity index (χ3n) is 3.55. The van der Waals surface area contributed by atoms with Gasteiger partial charge in [-0.3, -0.25) is 9.59 Å². The molecule has 5 nitrogen and oxygen atoms in total. The number of rotatable bonds is 6. The van der Waals surface area contributed by atoms with Crippen LogP contribution in [0, 0.1) is 0 Å². The number of hydrogen-bond donors (Lipinski definition) is 0. The van der Waals surface area contributed by atoms with Gasteiger partial charge < -0.3 is 9.64 Å². The Labute approximate surface area is 140 Å². The van der Waals surface area contributed by atoms with Crippen molar-refractivity contribution >= 4 is 23.3 Å². The van der Waals surface area contributed by atoms with Gasteiger partial charge in [-0.15, -0.1) is 0 Å². The van der Waals surface area contributed by atoms with E-state index in [0.717, 1.165) is 0 Å². The van der Waals surface area contributed by atoms with E-state index in [-0.39, 0.29) is 18.1 Å². The van der Waals surface area contributed by atoms with Crippen LogP contribution in [0.15, 0.2) is 54.6 Å². The molecule has 5 heteroatoms. The summed E-state index contributed by atoms with van der Waals surface area (Å²) in [5, 5.41) is 0. The van der Waals surface area contributed by atoms with E-state index in [1.165, 1.54) is 4.90 Å². The molecule has 0 spiro atoms. The maximum absolute atomic E-state index is 12.3. The van der Waals surface area contributed by atoms with E-state index in [9.17, 15) is 14.4 Å². The smallest absolute Gasteiger partial charge is 0.338 e. The molecule has 2 aromatic rings. The zero-order chi connectivity index (χ0) is 17.5. The van der Waals surface area contributed by atoms with Gasteiger partial charge in [0, 0.05) is 18.3 Å². The van der Waals surface area contributed by atoms with Crippen molar-refractivity contribution in [3.05, 3.63) is 65.7 Å². The highest BCUT2D eigenvalue weighted by molar-refractivity contribution is 6.11. The summed E-state index contributed by atoms with van der Waals surface area (Å²) in [5.74, 6) is -0.944. The first-order chi connectivity index (χ1) is 11.5. The lowest BCUT2D eigenvalue weighted by Gasteiger charge is -2.17. The van der Waals surface area contributed by atoms with E-state index < -0.39 is 5.97 Å². The number of nitrogens with zero attached hydrogens (tertiary/aromatic N) is 1. The fourth-order valence-electron chi connectivity index (χ4n) is 2.16. The SMILES string of the molecule is CCOC(=O)c1ccc(N(C)C(=O)CC(=O)c2ccccc2)cc1. The van der Waals surface area contributed by atoms with Gasteiger partial charge in [0.05, 0.1) is 18.6 Å². The zero-order valence-corrected chi connectivity index (χ0v) is 13.7. The molecular formula is C19H19NO4.